The predicted octanol–water partition coefficient (Wildman–Crippen LogP) is -3.82. The number of aromatic amines is 1. The van der Waals surface area contributed by atoms with Gasteiger partial charge in [-0.05, 0) is 36.6 Å². The molecule has 64 heavy (non-hydrogen) atoms. The molecule has 1 heterocycles. The summed E-state index contributed by atoms with van der Waals surface area (Å²) in [7, 11) is -9.83. The van der Waals surface area contributed by atoms with Crippen LogP contribution >= 0.6 is 0 Å². The molecule has 0 aliphatic carbocycles. The van der Waals surface area contributed by atoms with Gasteiger partial charge in [0.15, 0.2) is 17.1 Å². The third kappa shape index (κ3) is 12.3. The number of nitro groups is 2. The maximum atomic E-state index is 12.6. The van der Waals surface area contributed by atoms with Crippen LogP contribution in [0.2, 0.25) is 0 Å². The topological polar surface area (TPSA) is 347 Å². The van der Waals surface area contributed by atoms with Gasteiger partial charge in [-0.1, -0.05) is 59.4 Å². The first-order valence-corrected chi connectivity index (χ1v) is 19.5. The van der Waals surface area contributed by atoms with Crippen molar-refractivity contribution in [3.63, 3.8) is 0 Å². The maximum Gasteiger partial charge on any atom is 1.00 e. The molecule has 0 radical (unpaired) electrons. The maximum absolute atomic E-state index is 12.6. The van der Waals surface area contributed by atoms with E-state index in [1.807, 2.05) is 12.1 Å². The van der Waals surface area contributed by atoms with Gasteiger partial charge in [0.05, 0.1) is 37.2 Å². The van der Waals surface area contributed by atoms with Crippen LogP contribution in [0.5, 0.6) is 17.2 Å². The molecule has 7 aromatic rings. The number of phenols is 2. The molecular weight excluding hydrogens is 954 g/mol. The van der Waals surface area contributed by atoms with E-state index in [0.29, 0.717) is 23.2 Å². The van der Waals surface area contributed by atoms with E-state index in [1.165, 1.54) is 23.7 Å². The predicted molar refractivity (Wildman–Crippen MR) is 208 cm³/mol. The number of azo groups is 2. The summed E-state index contributed by atoms with van der Waals surface area (Å²) in [5, 5.41) is 72.9. The number of nitro benzene ring substituents is 2. The van der Waals surface area contributed by atoms with Gasteiger partial charge < -0.3 is 15.3 Å². The molecular formula is C36H26CrN8Na3O14S2+3. The Kier molecular flexibility index (Phi) is 19.7. The van der Waals surface area contributed by atoms with E-state index < -0.39 is 74.0 Å². The van der Waals surface area contributed by atoms with E-state index in [2.05, 4.69) is 25.6 Å². The number of hydrogen-bond donors (Lipinski definition) is 6. The van der Waals surface area contributed by atoms with Crippen LogP contribution in [0.4, 0.5) is 34.1 Å². The van der Waals surface area contributed by atoms with Crippen LogP contribution < -0.4 is 104 Å². The molecule has 0 saturated heterocycles. The Labute approximate surface area is 437 Å². The van der Waals surface area contributed by atoms with E-state index in [-0.39, 0.29) is 145 Å². The van der Waals surface area contributed by atoms with Crippen molar-refractivity contribution >= 4 is 75.9 Å². The van der Waals surface area contributed by atoms with Gasteiger partial charge in [-0.3, -0.25) is 39.2 Å². The Morgan fingerprint density at radius 3 is 1.91 bits per heavy atom. The van der Waals surface area contributed by atoms with Crippen molar-refractivity contribution in [3.05, 3.63) is 139 Å². The van der Waals surface area contributed by atoms with E-state index >= 15 is 0 Å². The van der Waals surface area contributed by atoms with Crippen molar-refractivity contribution in [3.8, 4) is 22.9 Å². The second kappa shape index (κ2) is 22.7. The van der Waals surface area contributed by atoms with Crippen molar-refractivity contribution in [2.75, 3.05) is 0 Å². The summed E-state index contributed by atoms with van der Waals surface area (Å²) in [4.78, 5) is 31.1. The molecule has 0 unspecified atom stereocenters. The number of benzene rings is 6. The zero-order chi connectivity index (χ0) is 43.7. The summed E-state index contributed by atoms with van der Waals surface area (Å²) < 4.78 is 66.0. The molecule has 22 nitrogen and oxygen atoms in total. The van der Waals surface area contributed by atoms with Crippen molar-refractivity contribution in [2.45, 2.75) is 16.7 Å². The number of rotatable bonds is 9. The van der Waals surface area contributed by atoms with E-state index in [0.717, 1.165) is 23.6 Å². The van der Waals surface area contributed by atoms with Crippen LogP contribution in [0.25, 0.3) is 27.2 Å². The summed E-state index contributed by atoms with van der Waals surface area (Å²) in [6.45, 7) is 1.52. The largest absolute Gasteiger partial charge is 1.00 e. The van der Waals surface area contributed by atoms with Gasteiger partial charge in [-0.25, -0.2) is 4.68 Å². The van der Waals surface area contributed by atoms with Crippen LogP contribution in [-0.4, -0.2) is 55.8 Å². The van der Waals surface area contributed by atoms with Gasteiger partial charge in [0.1, 0.15) is 10.6 Å². The van der Waals surface area contributed by atoms with E-state index in [9.17, 15) is 61.7 Å². The van der Waals surface area contributed by atoms with E-state index in [1.54, 1.807) is 48.5 Å². The molecule has 1 aromatic heterocycles. The zero-order valence-corrected chi connectivity index (χ0v) is 42.5. The normalized spacial score (nSPS) is 11.2. The number of nitrogens with one attached hydrogen (secondary N) is 2. The summed E-state index contributed by atoms with van der Waals surface area (Å²) in [6.07, 6.45) is 0. The van der Waals surface area contributed by atoms with Crippen molar-refractivity contribution in [1.29, 1.82) is 0 Å². The van der Waals surface area contributed by atoms with Crippen molar-refractivity contribution < 1.29 is 162 Å². The fourth-order valence-corrected chi connectivity index (χ4v) is 7.06. The number of fused-ring (bicyclic) bond motifs is 2. The number of nitrogens with zero attached hydrogens (tertiary/aromatic N) is 6. The quantitative estimate of drug-likeness (QED) is 0.0202. The number of aryl methyl sites for hydroxylation is 1. The second-order valence-corrected chi connectivity index (χ2v) is 15.2. The fraction of sp³-hybridized carbons (Fsp3) is 0.0278. The Bertz CT molecular complexity index is 3270. The number of non-ortho nitro benzene ring substituents is 2. The zero-order valence-electron chi connectivity index (χ0n) is 33.6. The summed E-state index contributed by atoms with van der Waals surface area (Å²) in [5.41, 5.74) is -1.81. The van der Waals surface area contributed by atoms with Crippen LogP contribution in [0.15, 0.2) is 133 Å². The minimum atomic E-state index is -5.03. The molecule has 0 atom stereocenters. The van der Waals surface area contributed by atoms with Crippen LogP contribution in [0, 0.1) is 27.2 Å². The first-order chi connectivity index (χ1) is 28.3. The van der Waals surface area contributed by atoms with Crippen LogP contribution in [0.3, 0.4) is 0 Å². The SMILES string of the molecule is Cc1[nH]n(-c2ccccc2)c(=O)c1N=Nc1cc([N+](=O)[O-])cc(S(=O)(=O)O)c1[O-].O=[N+]([O-])c1ccc2c([NH+]=Nc3c(O)ccc4ccccc34)c(O)cc(S(=O)(=O)O)c2c1.[Cr].[Na+].[Na+].[Na+]. The fourth-order valence-electron chi connectivity index (χ4n) is 5.75. The van der Waals surface area contributed by atoms with Crippen molar-refractivity contribution in [2.24, 2.45) is 15.3 Å². The molecule has 6 N–H and O–H groups in total. The Morgan fingerprint density at radius 2 is 1.30 bits per heavy atom. The minimum Gasteiger partial charge on any atom is -0.870 e. The summed E-state index contributed by atoms with van der Waals surface area (Å²) in [6, 6.07) is 24.0. The molecule has 0 saturated carbocycles. The average Bonchev–Trinajstić information content (AvgIpc) is 3.48. The van der Waals surface area contributed by atoms with Gasteiger partial charge in [0.25, 0.3) is 42.9 Å². The third-order valence-electron chi connectivity index (χ3n) is 8.53. The number of para-hydroxylation sites is 1. The molecule has 312 valence electrons. The van der Waals surface area contributed by atoms with Gasteiger partial charge in [-0.2, -0.15) is 21.9 Å². The number of H-pyrrole nitrogens is 1. The number of hydrogen-bond acceptors (Lipinski definition) is 15. The molecule has 7 rings (SSSR count). The molecule has 0 spiro atoms. The van der Waals surface area contributed by atoms with E-state index in [4.69, 9.17) is 4.55 Å². The molecule has 0 fully saturated rings. The first kappa shape index (κ1) is 55.7. The molecule has 6 aromatic carbocycles. The van der Waals surface area contributed by atoms with Crippen molar-refractivity contribution in [1.82, 2.24) is 9.78 Å². The number of aromatic nitrogens is 2. The molecule has 0 aliphatic rings. The monoisotopic (exact) mass is 979 g/mol. The van der Waals surface area contributed by atoms with Gasteiger partial charge in [-0.15, -0.1) is 5.11 Å². The third-order valence-corrected chi connectivity index (χ3v) is 10.3. The minimum absolute atomic E-state index is 0. The molecule has 0 aliphatic heterocycles. The Balaban J connectivity index is 0.000000415. The first-order valence-electron chi connectivity index (χ1n) is 16.6. The second-order valence-electron chi connectivity index (χ2n) is 12.4. The Morgan fingerprint density at radius 1 is 0.688 bits per heavy atom. The standard InChI is InChI=1S/C20H13N3O7S.C16H13N5O7S.Cr.3Na/c24-16-8-5-11-3-1-2-4-13(11)19(16)21-22-20-14-7-6-12(23(26)27)9-15(14)18(10-17(20)25)31(28,29)30;1-9-14(16(23)20(19-9)10-5-3-2-4-6-10)18-17-12-7-11(21(24)25)8-13(15(12)22)29(26,27)28;;;;/h1-10,24-25H,(H,28,29,30);2-8,19,22H,1H3,(H,26,27,28);;;;/q;;;3*+1. The van der Waals surface area contributed by atoms with Crippen LogP contribution in [0.1, 0.15) is 5.69 Å². The van der Waals surface area contributed by atoms with Gasteiger partial charge in [0, 0.05) is 63.6 Å². The van der Waals surface area contributed by atoms with Crippen LogP contribution in [-0.2, 0) is 37.6 Å². The molecule has 0 bridgehead atoms. The number of aromatic hydroxyl groups is 2. The van der Waals surface area contributed by atoms with Gasteiger partial charge >= 0.3 is 88.7 Å². The smallest absolute Gasteiger partial charge is 0.870 e. The molecule has 0 amide bonds. The summed E-state index contributed by atoms with van der Waals surface area (Å²) >= 11 is 0. The number of phenolic OH excluding ortho intramolecular Hbond substituents is 2. The Hall–Kier alpha value is -4.40. The summed E-state index contributed by atoms with van der Waals surface area (Å²) in [5.74, 6) is -2.00. The van der Waals surface area contributed by atoms with Gasteiger partial charge in [0.2, 0.25) is 0 Å². The molecule has 28 heteroatoms. The average molecular weight is 980 g/mol.